The van der Waals surface area contributed by atoms with Crippen molar-refractivity contribution in [2.45, 2.75) is 38.9 Å². The van der Waals surface area contributed by atoms with E-state index in [1.54, 1.807) is 6.07 Å². The number of methoxy groups -OCH3 is 2. The first kappa shape index (κ1) is 17.3. The number of ether oxygens (including phenoxy) is 2. The Morgan fingerprint density at radius 2 is 1.74 bits per heavy atom. The van der Waals surface area contributed by atoms with Crippen LogP contribution < -0.4 is 10.2 Å². The van der Waals surface area contributed by atoms with E-state index in [1.165, 1.54) is 20.3 Å². The molecular formula is C16H20BNO5. The number of hydrogen-bond donors (Lipinski definition) is 0. The quantitative estimate of drug-likeness (QED) is 0.623. The molecule has 1 aliphatic heterocycles. The number of hydrogen-bond acceptors (Lipinski definition) is 6. The van der Waals surface area contributed by atoms with Crippen LogP contribution in [-0.2, 0) is 14.0 Å². The number of esters is 1. The van der Waals surface area contributed by atoms with Crippen LogP contribution in [0.3, 0.4) is 0 Å². The van der Waals surface area contributed by atoms with Crippen molar-refractivity contribution in [2.75, 3.05) is 14.2 Å². The predicted molar refractivity (Wildman–Crippen MR) is 84.8 cm³/mol. The second-order valence-electron chi connectivity index (χ2n) is 6.34. The summed E-state index contributed by atoms with van der Waals surface area (Å²) in [4.78, 5) is 12.0. The van der Waals surface area contributed by atoms with Crippen LogP contribution in [0.5, 0.6) is 5.75 Å². The van der Waals surface area contributed by atoms with Crippen molar-refractivity contribution in [1.82, 2.24) is 0 Å². The second kappa shape index (κ2) is 5.87. The van der Waals surface area contributed by atoms with Crippen molar-refractivity contribution in [2.24, 2.45) is 0 Å². The van der Waals surface area contributed by atoms with Crippen LogP contribution in [0.1, 0.15) is 43.6 Å². The van der Waals surface area contributed by atoms with Crippen LogP contribution >= 0.6 is 0 Å². The van der Waals surface area contributed by atoms with Crippen molar-refractivity contribution in [3.63, 3.8) is 0 Å². The van der Waals surface area contributed by atoms with E-state index in [-0.39, 0.29) is 11.3 Å². The zero-order valence-corrected chi connectivity index (χ0v) is 14.2. The number of nitriles is 1. The monoisotopic (exact) mass is 317 g/mol. The summed E-state index contributed by atoms with van der Waals surface area (Å²) in [6.07, 6.45) is 0. The van der Waals surface area contributed by atoms with Crippen molar-refractivity contribution < 1.29 is 23.6 Å². The molecule has 0 atom stereocenters. The fraction of sp³-hybridized carbons (Fsp3) is 0.500. The molecule has 0 saturated carbocycles. The Kier molecular flexibility index (Phi) is 4.42. The molecule has 2 rings (SSSR count). The smallest absolute Gasteiger partial charge is 0.496 e. The van der Waals surface area contributed by atoms with Gasteiger partial charge in [0.05, 0.1) is 37.1 Å². The van der Waals surface area contributed by atoms with Gasteiger partial charge in [-0.05, 0) is 39.8 Å². The van der Waals surface area contributed by atoms with E-state index >= 15 is 0 Å². The lowest BCUT2D eigenvalue weighted by Crippen LogP contribution is -2.41. The summed E-state index contributed by atoms with van der Waals surface area (Å²) in [6, 6.07) is 5.06. The Morgan fingerprint density at radius 1 is 1.17 bits per heavy atom. The molecule has 0 amide bonds. The van der Waals surface area contributed by atoms with E-state index in [1.807, 2.05) is 33.8 Å². The molecule has 0 bridgehead atoms. The third-order valence-electron chi connectivity index (χ3n) is 4.36. The van der Waals surface area contributed by atoms with E-state index in [9.17, 15) is 10.1 Å². The molecule has 0 radical (unpaired) electrons. The number of carbonyl (C=O) groups is 1. The van der Waals surface area contributed by atoms with Crippen LogP contribution in [0.4, 0.5) is 0 Å². The highest BCUT2D eigenvalue weighted by atomic mass is 16.7. The van der Waals surface area contributed by atoms with Crippen LogP contribution in [0, 0.1) is 11.3 Å². The minimum absolute atomic E-state index is 0.166. The molecular weight excluding hydrogens is 297 g/mol. The third kappa shape index (κ3) is 2.92. The second-order valence-corrected chi connectivity index (χ2v) is 6.34. The standard InChI is InChI=1S/C16H20BNO5/c1-15(2)16(3,4)23-17(22-15)12-8-10(9-18)7-11(13(12)20-5)14(19)21-6/h7-8H,1-6H3. The normalized spacial score (nSPS) is 18.4. The summed E-state index contributed by atoms with van der Waals surface area (Å²) < 4.78 is 22.1. The number of carbonyl (C=O) groups excluding carboxylic acids is 1. The lowest BCUT2D eigenvalue weighted by atomic mass is 9.76. The first-order valence-electron chi connectivity index (χ1n) is 7.23. The molecule has 1 aromatic rings. The Labute approximate surface area is 136 Å². The number of nitrogens with zero attached hydrogens (tertiary/aromatic N) is 1. The maximum atomic E-state index is 12.0. The fourth-order valence-electron chi connectivity index (χ4n) is 2.35. The van der Waals surface area contributed by atoms with Gasteiger partial charge in [0, 0.05) is 5.46 Å². The molecule has 0 aliphatic carbocycles. The lowest BCUT2D eigenvalue weighted by Gasteiger charge is -2.32. The van der Waals surface area contributed by atoms with Gasteiger partial charge in [0.2, 0.25) is 0 Å². The van der Waals surface area contributed by atoms with Gasteiger partial charge in [-0.25, -0.2) is 4.79 Å². The largest absolute Gasteiger partial charge is 0.498 e. The summed E-state index contributed by atoms with van der Waals surface area (Å²) in [5.74, 6) is -0.300. The van der Waals surface area contributed by atoms with Gasteiger partial charge < -0.3 is 18.8 Å². The molecule has 1 saturated heterocycles. The summed E-state index contributed by atoms with van der Waals surface area (Å²) in [5, 5.41) is 9.23. The average Bonchev–Trinajstić information content (AvgIpc) is 2.73. The summed E-state index contributed by atoms with van der Waals surface area (Å²) >= 11 is 0. The van der Waals surface area contributed by atoms with Gasteiger partial charge in [0.25, 0.3) is 0 Å². The van der Waals surface area contributed by atoms with Crippen molar-refractivity contribution in [1.29, 1.82) is 5.26 Å². The third-order valence-corrected chi connectivity index (χ3v) is 4.36. The molecule has 23 heavy (non-hydrogen) atoms. The fourth-order valence-corrected chi connectivity index (χ4v) is 2.35. The van der Waals surface area contributed by atoms with Gasteiger partial charge in [0.15, 0.2) is 0 Å². The maximum absolute atomic E-state index is 12.0. The molecule has 0 spiro atoms. The maximum Gasteiger partial charge on any atom is 0.498 e. The first-order chi connectivity index (χ1) is 10.7. The topological polar surface area (TPSA) is 77.8 Å². The predicted octanol–water partition coefficient (Wildman–Crippen LogP) is 1.65. The van der Waals surface area contributed by atoms with E-state index < -0.39 is 24.3 Å². The van der Waals surface area contributed by atoms with E-state index in [0.29, 0.717) is 11.0 Å². The van der Waals surface area contributed by atoms with Crippen molar-refractivity contribution >= 4 is 18.6 Å². The highest BCUT2D eigenvalue weighted by Crippen LogP contribution is 2.37. The Balaban J connectivity index is 2.59. The minimum atomic E-state index is -0.744. The Bertz CT molecular complexity index is 662. The van der Waals surface area contributed by atoms with E-state index in [4.69, 9.17) is 18.8 Å². The Hall–Kier alpha value is -2.04. The minimum Gasteiger partial charge on any atom is -0.496 e. The molecule has 1 aromatic carbocycles. The molecule has 122 valence electrons. The molecule has 1 fully saturated rings. The zero-order chi connectivity index (χ0) is 17.4. The van der Waals surface area contributed by atoms with Gasteiger partial charge in [0.1, 0.15) is 11.3 Å². The first-order valence-corrected chi connectivity index (χ1v) is 7.23. The van der Waals surface area contributed by atoms with Crippen molar-refractivity contribution in [3.05, 3.63) is 23.3 Å². The van der Waals surface area contributed by atoms with Gasteiger partial charge in [-0.1, -0.05) is 0 Å². The van der Waals surface area contributed by atoms with Gasteiger partial charge in [-0.2, -0.15) is 5.26 Å². The van der Waals surface area contributed by atoms with Gasteiger partial charge in [-0.15, -0.1) is 0 Å². The molecule has 1 heterocycles. The highest BCUT2D eigenvalue weighted by Gasteiger charge is 2.52. The average molecular weight is 317 g/mol. The number of rotatable bonds is 3. The molecule has 0 N–H and O–H groups in total. The molecule has 7 heteroatoms. The number of benzene rings is 1. The zero-order valence-electron chi connectivity index (χ0n) is 14.2. The molecule has 1 aliphatic rings. The SMILES string of the molecule is COC(=O)c1cc(C#N)cc(B2OC(C)(C)C(C)(C)O2)c1OC. The molecule has 6 nitrogen and oxygen atoms in total. The van der Waals surface area contributed by atoms with Gasteiger partial charge in [-0.3, -0.25) is 0 Å². The summed E-state index contributed by atoms with van der Waals surface area (Å²) in [6.45, 7) is 7.70. The van der Waals surface area contributed by atoms with E-state index in [2.05, 4.69) is 0 Å². The highest BCUT2D eigenvalue weighted by molar-refractivity contribution is 6.63. The van der Waals surface area contributed by atoms with Crippen LogP contribution in [0.15, 0.2) is 12.1 Å². The lowest BCUT2D eigenvalue weighted by molar-refractivity contribution is 0.00578. The van der Waals surface area contributed by atoms with Crippen LogP contribution in [-0.4, -0.2) is 38.5 Å². The molecule has 0 unspecified atom stereocenters. The molecule has 0 aromatic heterocycles. The summed E-state index contributed by atoms with van der Waals surface area (Å²) in [5.41, 5.74) is -0.131. The van der Waals surface area contributed by atoms with Gasteiger partial charge >= 0.3 is 13.1 Å². The van der Waals surface area contributed by atoms with Crippen molar-refractivity contribution in [3.8, 4) is 11.8 Å². The van der Waals surface area contributed by atoms with E-state index in [0.717, 1.165) is 0 Å². The summed E-state index contributed by atoms with van der Waals surface area (Å²) in [7, 11) is 1.98. The van der Waals surface area contributed by atoms with Crippen LogP contribution in [0.2, 0.25) is 0 Å². The van der Waals surface area contributed by atoms with Crippen LogP contribution in [0.25, 0.3) is 0 Å². The Morgan fingerprint density at radius 3 is 2.17 bits per heavy atom.